The van der Waals surface area contributed by atoms with Crippen molar-refractivity contribution in [2.75, 3.05) is 0 Å². The maximum absolute atomic E-state index is 3.57. The van der Waals surface area contributed by atoms with Crippen molar-refractivity contribution in [3.05, 3.63) is 65.7 Å². The Morgan fingerprint density at radius 1 is 0.733 bits per heavy atom. The first kappa shape index (κ1) is 9.93. The van der Waals surface area contributed by atoms with Gasteiger partial charge in [0.05, 0.1) is 10.2 Å². The van der Waals surface area contributed by atoms with Crippen LogP contribution in [0.1, 0.15) is 11.1 Å². The van der Waals surface area contributed by atoms with Crippen molar-refractivity contribution in [2.45, 2.75) is 0 Å². The van der Waals surface area contributed by atoms with Gasteiger partial charge in [-0.3, -0.25) is 0 Å². The lowest BCUT2D eigenvalue weighted by atomic mass is 10.1. The second-order valence-electron chi connectivity index (χ2n) is 3.33. The molecule has 0 atom stereocenters. The highest BCUT2D eigenvalue weighted by Crippen LogP contribution is 2.05. The molecule has 0 spiro atoms. The molecule has 0 saturated carbocycles. The van der Waals surface area contributed by atoms with Gasteiger partial charge in [-0.15, -0.1) is 0 Å². The van der Waals surface area contributed by atoms with E-state index in [1.807, 2.05) is 36.4 Å². The molecular formula is C14H11Si. The molecule has 0 N–H and O–H groups in total. The van der Waals surface area contributed by atoms with Gasteiger partial charge >= 0.3 is 0 Å². The van der Waals surface area contributed by atoms with Gasteiger partial charge in [0.15, 0.2) is 0 Å². The van der Waals surface area contributed by atoms with E-state index in [1.165, 1.54) is 11.1 Å². The van der Waals surface area contributed by atoms with Gasteiger partial charge in [0.25, 0.3) is 0 Å². The maximum atomic E-state index is 3.57. The summed E-state index contributed by atoms with van der Waals surface area (Å²) in [4.78, 5) is 0. The van der Waals surface area contributed by atoms with Crippen molar-refractivity contribution in [1.29, 1.82) is 0 Å². The van der Waals surface area contributed by atoms with Gasteiger partial charge in [0.2, 0.25) is 0 Å². The Balaban J connectivity index is 2.23. The summed E-state index contributed by atoms with van der Waals surface area (Å²) >= 11 is 0. The third-order valence-electron chi connectivity index (χ3n) is 2.22. The molecule has 0 fully saturated rings. The first-order valence-electron chi connectivity index (χ1n) is 4.90. The van der Waals surface area contributed by atoms with Crippen LogP contribution in [0.3, 0.4) is 0 Å². The van der Waals surface area contributed by atoms with Crippen LogP contribution in [0.4, 0.5) is 0 Å². The largest absolute Gasteiger partial charge is 0.0720 e. The molecule has 0 aliphatic carbocycles. The smallest absolute Gasteiger partial charge is 0.0633 e. The van der Waals surface area contributed by atoms with Crippen LogP contribution in [0.25, 0.3) is 12.2 Å². The Bertz CT molecular complexity index is 458. The van der Waals surface area contributed by atoms with E-state index in [2.05, 4.69) is 40.6 Å². The Morgan fingerprint density at radius 3 is 2.13 bits per heavy atom. The summed E-state index contributed by atoms with van der Waals surface area (Å²) in [7, 11) is 3.57. The summed E-state index contributed by atoms with van der Waals surface area (Å²) < 4.78 is 0. The SMILES string of the molecule is [Si]c1ccccc1/C=C\c1ccccc1. The van der Waals surface area contributed by atoms with Gasteiger partial charge in [-0.2, -0.15) is 0 Å². The van der Waals surface area contributed by atoms with E-state index in [1.54, 1.807) is 0 Å². The predicted molar refractivity (Wildman–Crippen MR) is 67.2 cm³/mol. The van der Waals surface area contributed by atoms with Crippen LogP contribution in [0.15, 0.2) is 54.6 Å². The normalized spacial score (nSPS) is 10.7. The van der Waals surface area contributed by atoms with Gasteiger partial charge in [-0.05, 0) is 11.1 Å². The first-order chi connectivity index (χ1) is 7.36. The van der Waals surface area contributed by atoms with E-state index in [4.69, 9.17) is 0 Å². The summed E-state index contributed by atoms with van der Waals surface area (Å²) in [5.41, 5.74) is 2.41. The minimum atomic E-state index is 1.12. The molecule has 3 radical (unpaired) electrons. The quantitative estimate of drug-likeness (QED) is 0.524. The molecule has 0 aliphatic rings. The Hall–Kier alpha value is -1.60. The molecule has 2 aromatic carbocycles. The van der Waals surface area contributed by atoms with Crippen LogP contribution in [-0.2, 0) is 0 Å². The highest BCUT2D eigenvalue weighted by atomic mass is 28.1. The van der Waals surface area contributed by atoms with E-state index in [9.17, 15) is 0 Å². The molecule has 0 amide bonds. The molecule has 15 heavy (non-hydrogen) atoms. The van der Waals surface area contributed by atoms with Crippen LogP contribution in [0.2, 0.25) is 0 Å². The van der Waals surface area contributed by atoms with Crippen molar-refractivity contribution in [1.82, 2.24) is 0 Å². The lowest BCUT2D eigenvalue weighted by Crippen LogP contribution is -2.04. The number of hydrogen-bond donors (Lipinski definition) is 0. The van der Waals surface area contributed by atoms with E-state index >= 15 is 0 Å². The molecule has 0 unspecified atom stereocenters. The maximum Gasteiger partial charge on any atom is 0.0720 e. The number of benzene rings is 2. The van der Waals surface area contributed by atoms with Gasteiger partial charge < -0.3 is 0 Å². The Labute approximate surface area is 93.7 Å². The predicted octanol–water partition coefficient (Wildman–Crippen LogP) is 2.65. The van der Waals surface area contributed by atoms with Crippen molar-refractivity contribution < 1.29 is 0 Å². The lowest BCUT2D eigenvalue weighted by molar-refractivity contribution is 1.66. The summed E-state index contributed by atoms with van der Waals surface area (Å²) in [5.74, 6) is 0. The van der Waals surface area contributed by atoms with Crippen molar-refractivity contribution in [2.24, 2.45) is 0 Å². The molecule has 0 aliphatic heterocycles. The summed E-state index contributed by atoms with van der Waals surface area (Å²) in [6, 6.07) is 18.5. The molecule has 0 heterocycles. The van der Waals surface area contributed by atoms with Crippen LogP contribution >= 0.6 is 0 Å². The third kappa shape index (κ3) is 2.67. The molecule has 0 nitrogen and oxygen atoms in total. The first-order valence-corrected chi connectivity index (χ1v) is 5.40. The van der Waals surface area contributed by atoms with Crippen LogP contribution in [0, 0.1) is 0 Å². The second-order valence-corrected chi connectivity index (χ2v) is 3.87. The van der Waals surface area contributed by atoms with Crippen LogP contribution in [-0.4, -0.2) is 10.2 Å². The van der Waals surface area contributed by atoms with Crippen molar-refractivity contribution in [3.8, 4) is 0 Å². The zero-order chi connectivity index (χ0) is 10.5. The fourth-order valence-corrected chi connectivity index (χ4v) is 1.66. The molecule has 1 heteroatoms. The summed E-state index contributed by atoms with van der Waals surface area (Å²) in [5, 5.41) is 1.12. The highest BCUT2D eigenvalue weighted by molar-refractivity contribution is 6.34. The monoisotopic (exact) mass is 207 g/mol. The zero-order valence-corrected chi connectivity index (χ0v) is 9.35. The molecule has 0 aromatic heterocycles. The fraction of sp³-hybridized carbons (Fsp3) is 0. The topological polar surface area (TPSA) is 0 Å². The van der Waals surface area contributed by atoms with Gasteiger partial charge in [0.1, 0.15) is 0 Å². The standard InChI is InChI=1S/C14H11Si/c15-14-9-5-4-8-13(14)11-10-12-6-2-1-3-7-12/h1-11H/b11-10-. The molecule has 2 rings (SSSR count). The van der Waals surface area contributed by atoms with Crippen molar-refractivity contribution in [3.63, 3.8) is 0 Å². The zero-order valence-electron chi connectivity index (χ0n) is 8.35. The van der Waals surface area contributed by atoms with Crippen molar-refractivity contribution >= 4 is 27.6 Å². The van der Waals surface area contributed by atoms with E-state index < -0.39 is 0 Å². The number of hydrogen-bond acceptors (Lipinski definition) is 0. The average Bonchev–Trinajstić information content (AvgIpc) is 2.29. The molecule has 0 saturated heterocycles. The lowest BCUT2D eigenvalue weighted by Gasteiger charge is -1.98. The molecule has 2 aromatic rings. The second kappa shape index (κ2) is 4.76. The summed E-state index contributed by atoms with van der Waals surface area (Å²) in [6.45, 7) is 0. The summed E-state index contributed by atoms with van der Waals surface area (Å²) in [6.07, 6.45) is 4.22. The molecular weight excluding hydrogens is 196 g/mol. The Morgan fingerprint density at radius 2 is 1.40 bits per heavy atom. The minimum Gasteiger partial charge on any atom is -0.0633 e. The highest BCUT2D eigenvalue weighted by Gasteiger charge is 1.90. The van der Waals surface area contributed by atoms with Gasteiger partial charge in [-0.1, -0.05) is 71.9 Å². The van der Waals surface area contributed by atoms with Gasteiger partial charge in [-0.25, -0.2) is 0 Å². The van der Waals surface area contributed by atoms with Crippen LogP contribution < -0.4 is 5.19 Å². The molecule has 0 bridgehead atoms. The van der Waals surface area contributed by atoms with Crippen LogP contribution in [0.5, 0.6) is 0 Å². The minimum absolute atomic E-state index is 1.12. The third-order valence-corrected chi connectivity index (χ3v) is 2.67. The van der Waals surface area contributed by atoms with E-state index in [-0.39, 0.29) is 0 Å². The van der Waals surface area contributed by atoms with E-state index in [0.29, 0.717) is 0 Å². The fourth-order valence-electron chi connectivity index (χ4n) is 1.39. The van der Waals surface area contributed by atoms with Gasteiger partial charge in [0, 0.05) is 0 Å². The average molecular weight is 207 g/mol. The van der Waals surface area contributed by atoms with E-state index in [0.717, 1.165) is 5.19 Å². The number of rotatable bonds is 2. The molecule has 71 valence electrons. The Kier molecular flexibility index (Phi) is 3.15.